The van der Waals surface area contributed by atoms with E-state index in [1.807, 2.05) is 61.5 Å². The summed E-state index contributed by atoms with van der Waals surface area (Å²) in [4.78, 5) is 39.7. The van der Waals surface area contributed by atoms with Crippen LogP contribution >= 0.6 is 11.6 Å². The summed E-state index contributed by atoms with van der Waals surface area (Å²) < 4.78 is 11.6. The van der Waals surface area contributed by atoms with Gasteiger partial charge in [-0.05, 0) is 71.1 Å². The number of imide groups is 2. The Morgan fingerprint density at radius 1 is 0.949 bits per heavy atom. The Balaban J connectivity index is 1.46. The second-order valence-corrected chi connectivity index (χ2v) is 9.62. The molecule has 1 aliphatic rings. The smallest absolute Gasteiger partial charge is 0.335 e. The van der Waals surface area contributed by atoms with E-state index in [-0.39, 0.29) is 17.2 Å². The molecule has 1 N–H and O–H groups in total. The van der Waals surface area contributed by atoms with Crippen molar-refractivity contribution in [2.45, 2.75) is 20.5 Å². The van der Waals surface area contributed by atoms with Crippen molar-refractivity contribution in [1.82, 2.24) is 5.32 Å². The molecule has 0 spiro atoms. The van der Waals surface area contributed by atoms with Crippen molar-refractivity contribution in [3.05, 3.63) is 106 Å². The summed E-state index contributed by atoms with van der Waals surface area (Å²) in [5.74, 6) is -0.858. The summed E-state index contributed by atoms with van der Waals surface area (Å²) in [6.45, 7) is 3.90. The van der Waals surface area contributed by atoms with Gasteiger partial charge in [-0.25, -0.2) is 9.69 Å². The van der Waals surface area contributed by atoms with Gasteiger partial charge in [0.2, 0.25) is 0 Å². The maximum atomic E-state index is 13.4. The Kier molecular flexibility index (Phi) is 7.09. The van der Waals surface area contributed by atoms with Gasteiger partial charge in [-0.2, -0.15) is 0 Å². The number of benzene rings is 4. The van der Waals surface area contributed by atoms with Crippen LogP contribution in [0.25, 0.3) is 16.8 Å². The van der Waals surface area contributed by atoms with Gasteiger partial charge in [0.1, 0.15) is 12.2 Å². The lowest BCUT2D eigenvalue weighted by Gasteiger charge is -2.27. The van der Waals surface area contributed by atoms with Crippen LogP contribution in [0.5, 0.6) is 11.5 Å². The molecule has 0 unspecified atom stereocenters. The minimum Gasteiger partial charge on any atom is -0.493 e. The molecule has 196 valence electrons. The zero-order chi connectivity index (χ0) is 27.7. The Labute approximate surface area is 230 Å². The third kappa shape index (κ3) is 5.09. The summed E-state index contributed by atoms with van der Waals surface area (Å²) in [5.41, 5.74) is 3.20. The third-order valence-electron chi connectivity index (χ3n) is 6.52. The number of rotatable bonds is 6. The highest BCUT2D eigenvalue weighted by molar-refractivity contribution is 6.39. The van der Waals surface area contributed by atoms with E-state index in [1.54, 1.807) is 25.1 Å². The van der Waals surface area contributed by atoms with Crippen molar-refractivity contribution in [3.8, 4) is 11.5 Å². The fourth-order valence-electron chi connectivity index (χ4n) is 4.53. The van der Waals surface area contributed by atoms with E-state index in [2.05, 4.69) is 5.32 Å². The van der Waals surface area contributed by atoms with Gasteiger partial charge in [0.15, 0.2) is 11.5 Å². The molecular formula is C31H25ClN2O5. The predicted octanol–water partition coefficient (Wildman–Crippen LogP) is 6.36. The van der Waals surface area contributed by atoms with Crippen molar-refractivity contribution in [1.29, 1.82) is 0 Å². The minimum atomic E-state index is -0.802. The number of nitrogens with zero attached hydrogens (tertiary/aromatic N) is 1. The predicted molar refractivity (Wildman–Crippen MR) is 151 cm³/mol. The van der Waals surface area contributed by atoms with Crippen molar-refractivity contribution in [2.75, 3.05) is 12.0 Å². The number of halogens is 1. The van der Waals surface area contributed by atoms with Gasteiger partial charge in [-0.3, -0.25) is 14.9 Å². The van der Waals surface area contributed by atoms with Gasteiger partial charge < -0.3 is 9.47 Å². The molecule has 39 heavy (non-hydrogen) atoms. The van der Waals surface area contributed by atoms with Crippen LogP contribution < -0.4 is 19.7 Å². The van der Waals surface area contributed by atoms with Crippen molar-refractivity contribution in [2.24, 2.45) is 0 Å². The maximum absolute atomic E-state index is 13.4. The van der Waals surface area contributed by atoms with Crippen molar-refractivity contribution in [3.63, 3.8) is 0 Å². The van der Waals surface area contributed by atoms with Gasteiger partial charge in [0.05, 0.1) is 17.8 Å². The summed E-state index contributed by atoms with van der Waals surface area (Å²) in [7, 11) is 1.48. The Morgan fingerprint density at radius 2 is 1.72 bits per heavy atom. The number of amides is 4. The van der Waals surface area contributed by atoms with Crippen molar-refractivity contribution < 1.29 is 23.9 Å². The first kappa shape index (κ1) is 26.0. The van der Waals surface area contributed by atoms with E-state index in [0.717, 1.165) is 32.4 Å². The summed E-state index contributed by atoms with van der Waals surface area (Å²) >= 11 is 6.59. The molecule has 4 aromatic rings. The highest BCUT2D eigenvalue weighted by Gasteiger charge is 2.37. The van der Waals surface area contributed by atoms with Gasteiger partial charge in [0.25, 0.3) is 11.8 Å². The SMILES string of the molecule is COc1cc(/C=C2\C(=O)NC(=O)N(c3cc(C)ccc3C)C2=O)cc(Cl)c1OCc1cccc2ccccc12. The highest BCUT2D eigenvalue weighted by atomic mass is 35.5. The monoisotopic (exact) mass is 540 g/mol. The lowest BCUT2D eigenvalue weighted by Crippen LogP contribution is -2.54. The summed E-state index contributed by atoms with van der Waals surface area (Å²) in [6, 6.07) is 21.8. The molecule has 0 bridgehead atoms. The second kappa shape index (κ2) is 10.6. The van der Waals surface area contributed by atoms with E-state index < -0.39 is 17.8 Å². The van der Waals surface area contributed by atoms with Crippen LogP contribution in [-0.4, -0.2) is 25.0 Å². The standard InChI is InChI=1S/C31H25ClN2O5/c1-18-11-12-19(2)26(13-18)34-30(36)24(29(35)33-31(34)37)14-20-15-25(32)28(27(16-20)38-3)39-17-22-9-6-8-21-7-4-5-10-23(21)22/h4-16H,17H2,1-3H3,(H,33,35,37)/b24-14+. The van der Waals surface area contributed by atoms with E-state index in [9.17, 15) is 14.4 Å². The van der Waals surface area contributed by atoms with E-state index in [0.29, 0.717) is 22.7 Å². The molecule has 4 amide bonds. The molecule has 1 aliphatic heterocycles. The van der Waals surface area contributed by atoms with Gasteiger partial charge in [-0.1, -0.05) is 66.2 Å². The molecule has 8 heteroatoms. The topological polar surface area (TPSA) is 84.9 Å². The van der Waals surface area contributed by atoms with Gasteiger partial charge in [0, 0.05) is 0 Å². The number of aryl methyl sites for hydroxylation is 2. The number of nitrogens with one attached hydrogen (secondary N) is 1. The molecule has 7 nitrogen and oxygen atoms in total. The molecule has 4 aromatic carbocycles. The largest absolute Gasteiger partial charge is 0.493 e. The van der Waals surface area contributed by atoms with E-state index in [1.165, 1.54) is 13.2 Å². The third-order valence-corrected chi connectivity index (χ3v) is 6.80. The first-order chi connectivity index (χ1) is 18.8. The molecule has 5 rings (SSSR count). The van der Waals surface area contributed by atoms with Crippen LogP contribution in [0.4, 0.5) is 10.5 Å². The van der Waals surface area contributed by atoms with Crippen LogP contribution in [0.2, 0.25) is 5.02 Å². The fraction of sp³-hybridized carbons (Fsp3) is 0.129. The number of urea groups is 1. The molecule has 1 fully saturated rings. The lowest BCUT2D eigenvalue weighted by atomic mass is 10.0. The number of hydrogen-bond acceptors (Lipinski definition) is 5. The number of fused-ring (bicyclic) bond motifs is 1. The zero-order valence-electron chi connectivity index (χ0n) is 21.6. The number of carbonyl (C=O) groups is 3. The number of hydrogen-bond donors (Lipinski definition) is 1. The maximum Gasteiger partial charge on any atom is 0.335 e. The first-order valence-corrected chi connectivity index (χ1v) is 12.6. The fourth-order valence-corrected chi connectivity index (χ4v) is 4.81. The molecule has 1 saturated heterocycles. The number of anilines is 1. The van der Waals surface area contributed by atoms with Gasteiger partial charge in [-0.15, -0.1) is 0 Å². The van der Waals surface area contributed by atoms with E-state index in [4.69, 9.17) is 21.1 Å². The summed E-state index contributed by atoms with van der Waals surface area (Å²) in [5, 5.41) is 4.67. The molecule has 1 heterocycles. The quantitative estimate of drug-likeness (QED) is 0.227. The minimum absolute atomic E-state index is 0.210. The van der Waals surface area contributed by atoms with Crippen LogP contribution in [0.3, 0.4) is 0 Å². The van der Waals surface area contributed by atoms with Crippen molar-refractivity contribution >= 4 is 52.0 Å². The molecular weight excluding hydrogens is 516 g/mol. The number of carbonyl (C=O) groups excluding carboxylic acids is 3. The van der Waals surface area contributed by atoms with Crippen LogP contribution in [-0.2, 0) is 16.2 Å². The molecule has 0 saturated carbocycles. The van der Waals surface area contributed by atoms with Crippen LogP contribution in [0.15, 0.2) is 78.4 Å². The number of methoxy groups -OCH3 is 1. The van der Waals surface area contributed by atoms with Crippen LogP contribution in [0.1, 0.15) is 22.3 Å². The first-order valence-electron chi connectivity index (χ1n) is 12.2. The number of ether oxygens (including phenoxy) is 2. The Morgan fingerprint density at radius 3 is 2.51 bits per heavy atom. The average molecular weight is 541 g/mol. The zero-order valence-corrected chi connectivity index (χ0v) is 22.3. The Bertz CT molecular complexity index is 1670. The molecule has 0 atom stereocenters. The molecule has 0 aromatic heterocycles. The van der Waals surface area contributed by atoms with Crippen LogP contribution in [0, 0.1) is 13.8 Å². The second-order valence-electron chi connectivity index (χ2n) is 9.21. The number of barbiturate groups is 1. The highest BCUT2D eigenvalue weighted by Crippen LogP contribution is 2.38. The lowest BCUT2D eigenvalue weighted by molar-refractivity contribution is -0.122. The van der Waals surface area contributed by atoms with Gasteiger partial charge >= 0.3 is 6.03 Å². The normalized spacial score (nSPS) is 14.6. The Hall–Kier alpha value is -4.62. The van der Waals surface area contributed by atoms with E-state index >= 15 is 0 Å². The molecule has 0 aliphatic carbocycles. The average Bonchev–Trinajstić information content (AvgIpc) is 2.92. The summed E-state index contributed by atoms with van der Waals surface area (Å²) in [6.07, 6.45) is 1.38. The molecule has 0 radical (unpaired) electrons.